The summed E-state index contributed by atoms with van der Waals surface area (Å²) in [6, 6.07) is 8.04. The first-order chi connectivity index (χ1) is 17.7. The van der Waals surface area contributed by atoms with E-state index in [0.717, 1.165) is 43.0 Å². The van der Waals surface area contributed by atoms with E-state index in [1.54, 1.807) is 28.1 Å². The van der Waals surface area contributed by atoms with Crippen LogP contribution < -0.4 is 15.1 Å². The maximum Gasteiger partial charge on any atom is 0.330 e. The van der Waals surface area contributed by atoms with Crippen molar-refractivity contribution in [3.8, 4) is 0 Å². The third-order valence-electron chi connectivity index (χ3n) is 6.58. The molecule has 0 spiro atoms. The van der Waals surface area contributed by atoms with E-state index in [1.807, 2.05) is 39.8 Å². The molecule has 4 rings (SSSR count). The molecule has 0 unspecified atom stereocenters. The number of fused-ring (bicyclic) bond motifs is 1. The lowest BCUT2D eigenvalue weighted by atomic mass is 10.1. The highest BCUT2D eigenvalue weighted by atomic mass is 35.5. The fraction of sp³-hybridized carbons (Fsp3) is 0.393. The molecule has 0 bridgehead atoms. The number of likely N-dealkylation sites (N-methyl/N-ethyl adjacent to an activating group) is 1. The zero-order chi connectivity index (χ0) is 26.7. The molecule has 37 heavy (non-hydrogen) atoms. The summed E-state index contributed by atoms with van der Waals surface area (Å²) in [5.41, 5.74) is 4.56. The number of hydrogen-bond acceptors (Lipinski definition) is 6. The number of aromatic nitrogens is 2. The largest absolute Gasteiger partial charge is 0.369 e. The smallest absolute Gasteiger partial charge is 0.330 e. The Morgan fingerprint density at radius 3 is 2.41 bits per heavy atom. The van der Waals surface area contributed by atoms with Crippen molar-refractivity contribution in [1.29, 1.82) is 0 Å². The van der Waals surface area contributed by atoms with Gasteiger partial charge in [-0.2, -0.15) is 4.98 Å². The average Bonchev–Trinajstić information content (AvgIpc) is 2.85. The summed E-state index contributed by atoms with van der Waals surface area (Å²) in [5.74, 6) is 1.06. The number of nitrogens with zero attached hydrogens (tertiary/aromatic N) is 6. The van der Waals surface area contributed by atoms with Crippen molar-refractivity contribution in [3.63, 3.8) is 0 Å². The number of amides is 2. The molecule has 196 valence electrons. The highest BCUT2D eigenvalue weighted by Crippen LogP contribution is 2.35. The molecule has 8 nitrogen and oxygen atoms in total. The summed E-state index contributed by atoms with van der Waals surface area (Å²) in [6.45, 7) is 16.1. The number of halogens is 1. The van der Waals surface area contributed by atoms with Gasteiger partial charge in [0.05, 0.1) is 17.3 Å². The second kappa shape index (κ2) is 11.4. The van der Waals surface area contributed by atoms with Crippen LogP contribution in [-0.4, -0.2) is 65.1 Å². The van der Waals surface area contributed by atoms with Gasteiger partial charge in [-0.05, 0) is 65.1 Å². The molecule has 9 heteroatoms. The van der Waals surface area contributed by atoms with Crippen LogP contribution in [0.15, 0.2) is 65.5 Å². The Morgan fingerprint density at radius 1 is 1.14 bits per heavy atom. The fourth-order valence-electron chi connectivity index (χ4n) is 4.65. The first kappa shape index (κ1) is 26.7. The molecule has 0 atom stereocenters. The number of urea groups is 1. The number of benzene rings is 1. The fourth-order valence-corrected chi connectivity index (χ4v) is 5.03. The number of anilines is 4. The van der Waals surface area contributed by atoms with Gasteiger partial charge in [0.25, 0.3) is 0 Å². The van der Waals surface area contributed by atoms with E-state index < -0.39 is 0 Å². The Bertz CT molecular complexity index is 1210. The highest BCUT2D eigenvalue weighted by molar-refractivity contribution is 6.32. The van der Waals surface area contributed by atoms with Gasteiger partial charge in [-0.1, -0.05) is 29.8 Å². The van der Waals surface area contributed by atoms with Crippen LogP contribution in [-0.2, 0) is 6.54 Å². The number of nitrogens with one attached hydrogen (secondary N) is 1. The molecule has 0 aliphatic carbocycles. The minimum atomic E-state index is -0.171. The molecular formula is C28H36ClN7O. The van der Waals surface area contributed by atoms with Crippen molar-refractivity contribution in [2.24, 2.45) is 0 Å². The van der Waals surface area contributed by atoms with E-state index in [0.29, 0.717) is 29.0 Å². The Labute approximate surface area is 224 Å². The SMILES string of the molecule is C=C/C=C(/Cl)C(=C(C)C)N1Cc2cnc(Nc3ccc(N4CCN(C)CC4)cc3)nc2N(C(C)C)C1=O. The van der Waals surface area contributed by atoms with Crippen LogP contribution in [0.2, 0.25) is 0 Å². The third kappa shape index (κ3) is 5.81. The van der Waals surface area contributed by atoms with Crippen LogP contribution in [0, 0.1) is 0 Å². The Hall–Kier alpha value is -3.36. The lowest BCUT2D eigenvalue weighted by molar-refractivity contribution is 0.211. The molecule has 2 amide bonds. The number of piperazine rings is 1. The monoisotopic (exact) mass is 521 g/mol. The molecule has 1 saturated heterocycles. The predicted octanol–water partition coefficient (Wildman–Crippen LogP) is 5.73. The van der Waals surface area contributed by atoms with Gasteiger partial charge >= 0.3 is 6.03 Å². The van der Waals surface area contributed by atoms with E-state index in [-0.39, 0.29) is 12.1 Å². The molecule has 1 N–H and O–H groups in total. The molecule has 0 radical (unpaired) electrons. The zero-order valence-electron chi connectivity index (χ0n) is 22.3. The van der Waals surface area contributed by atoms with Crippen molar-refractivity contribution in [3.05, 3.63) is 71.1 Å². The maximum atomic E-state index is 13.7. The Morgan fingerprint density at radius 2 is 1.81 bits per heavy atom. The third-order valence-corrected chi connectivity index (χ3v) is 6.88. The molecule has 2 aliphatic rings. The first-order valence-corrected chi connectivity index (χ1v) is 13.0. The van der Waals surface area contributed by atoms with Gasteiger partial charge in [0, 0.05) is 55.4 Å². The minimum absolute atomic E-state index is 0.111. The average molecular weight is 522 g/mol. The summed E-state index contributed by atoms with van der Waals surface area (Å²) in [4.78, 5) is 31.1. The van der Waals surface area contributed by atoms with Gasteiger partial charge in [-0.25, -0.2) is 9.78 Å². The Kier molecular flexibility index (Phi) is 8.19. The first-order valence-electron chi connectivity index (χ1n) is 12.6. The van der Waals surface area contributed by atoms with Crippen molar-refractivity contribution in [2.45, 2.75) is 40.3 Å². The molecule has 1 aromatic heterocycles. The summed E-state index contributed by atoms with van der Waals surface area (Å²) in [7, 11) is 2.16. The van der Waals surface area contributed by atoms with Crippen LogP contribution in [0.3, 0.4) is 0 Å². The summed E-state index contributed by atoms with van der Waals surface area (Å²) < 4.78 is 0. The van der Waals surface area contributed by atoms with Gasteiger partial charge in [0.2, 0.25) is 5.95 Å². The molecule has 3 heterocycles. The summed E-state index contributed by atoms with van der Waals surface area (Å²) in [5, 5.41) is 3.77. The van der Waals surface area contributed by atoms with Crippen molar-refractivity contribution >= 4 is 40.8 Å². The van der Waals surface area contributed by atoms with E-state index in [9.17, 15) is 4.79 Å². The zero-order valence-corrected chi connectivity index (χ0v) is 23.1. The maximum absolute atomic E-state index is 13.7. The molecule has 2 aromatic rings. The van der Waals surface area contributed by atoms with Crippen LogP contribution in [0.4, 0.5) is 27.9 Å². The normalized spacial score (nSPS) is 16.7. The molecule has 2 aliphatic heterocycles. The second-order valence-corrected chi connectivity index (χ2v) is 10.3. The number of carbonyl (C=O) groups is 1. The van der Waals surface area contributed by atoms with Gasteiger partial charge in [-0.15, -0.1) is 0 Å². The van der Waals surface area contributed by atoms with Gasteiger partial charge in [0.1, 0.15) is 5.82 Å². The van der Waals surface area contributed by atoms with E-state index in [2.05, 4.69) is 45.9 Å². The number of rotatable bonds is 7. The molecule has 1 fully saturated rings. The quantitative estimate of drug-likeness (QED) is 0.470. The van der Waals surface area contributed by atoms with Gasteiger partial charge in [0.15, 0.2) is 0 Å². The van der Waals surface area contributed by atoms with Crippen molar-refractivity contribution in [2.75, 3.05) is 48.3 Å². The Balaban J connectivity index is 1.58. The van der Waals surface area contributed by atoms with Crippen molar-refractivity contribution in [1.82, 2.24) is 19.8 Å². The standard InChI is InChI=1S/C28H36ClN7O/c1-7-8-24(29)25(19(2)3)35-18-21-17-30-27(32-26(21)36(20(4)5)28(35)37)31-22-9-11-23(12-10-22)34-15-13-33(6)14-16-34/h7-12,17,20H,1,13-16,18H2,2-6H3,(H,30,31,32)/b24-8+. The molecule has 1 aromatic carbocycles. The second-order valence-electron chi connectivity index (χ2n) is 9.94. The number of allylic oxidation sites excluding steroid dienone is 4. The van der Waals surface area contributed by atoms with Crippen LogP contribution >= 0.6 is 11.6 Å². The topological polar surface area (TPSA) is 67.8 Å². The van der Waals surface area contributed by atoms with E-state index in [1.165, 1.54) is 5.69 Å². The number of hydrogen-bond donors (Lipinski definition) is 1. The van der Waals surface area contributed by atoms with Gasteiger partial charge < -0.3 is 15.1 Å². The molecular weight excluding hydrogens is 486 g/mol. The molecule has 0 saturated carbocycles. The minimum Gasteiger partial charge on any atom is -0.369 e. The van der Waals surface area contributed by atoms with Crippen molar-refractivity contribution < 1.29 is 4.79 Å². The highest BCUT2D eigenvalue weighted by Gasteiger charge is 2.36. The van der Waals surface area contributed by atoms with Gasteiger partial charge in [-0.3, -0.25) is 9.80 Å². The van der Waals surface area contributed by atoms with E-state index in [4.69, 9.17) is 16.6 Å². The summed E-state index contributed by atoms with van der Waals surface area (Å²) in [6.07, 6.45) is 5.10. The van der Waals surface area contributed by atoms with E-state index >= 15 is 0 Å². The summed E-state index contributed by atoms with van der Waals surface area (Å²) >= 11 is 6.55. The predicted molar refractivity (Wildman–Crippen MR) is 153 cm³/mol. The van der Waals surface area contributed by atoms with Crippen LogP contribution in [0.5, 0.6) is 0 Å². The lowest BCUT2D eigenvalue weighted by Crippen LogP contribution is -2.50. The van der Waals surface area contributed by atoms with Crippen LogP contribution in [0.25, 0.3) is 0 Å². The van der Waals surface area contributed by atoms with Crippen LogP contribution in [0.1, 0.15) is 33.3 Å². The number of carbonyl (C=O) groups excluding carboxylic acids is 1. The lowest BCUT2D eigenvalue weighted by Gasteiger charge is -2.39.